The minimum Gasteiger partial charge on any atom is -0.468 e. The van der Waals surface area contributed by atoms with Gasteiger partial charge in [-0.2, -0.15) is 0 Å². The zero-order valence-corrected chi connectivity index (χ0v) is 18.3. The van der Waals surface area contributed by atoms with E-state index in [4.69, 9.17) is 10.5 Å². The van der Waals surface area contributed by atoms with Crippen molar-refractivity contribution in [2.24, 2.45) is 5.73 Å². The van der Waals surface area contributed by atoms with Crippen molar-refractivity contribution in [1.29, 1.82) is 0 Å². The van der Waals surface area contributed by atoms with Crippen molar-refractivity contribution in [2.75, 3.05) is 18.6 Å². The van der Waals surface area contributed by atoms with Gasteiger partial charge in [0, 0.05) is 24.5 Å². The molecular formula is C24H25N3O5. The standard InChI is InChI=1S/C24H25N3O5/c1-4-17-22(23(30)24(25)31)21-18(26(15(2)28)14-20(29)32-3)11-8-12-19(21)27(17)13-16-9-6-5-7-10-16/h5-12H,4,13-14H2,1-3H3,(H2,25,31). The maximum absolute atomic E-state index is 12.9. The maximum Gasteiger partial charge on any atom is 0.325 e. The number of benzene rings is 2. The molecule has 0 radical (unpaired) electrons. The summed E-state index contributed by atoms with van der Waals surface area (Å²) in [5.74, 6) is -2.95. The zero-order valence-electron chi connectivity index (χ0n) is 18.3. The highest BCUT2D eigenvalue weighted by molar-refractivity contribution is 6.45. The van der Waals surface area contributed by atoms with Gasteiger partial charge >= 0.3 is 5.97 Å². The van der Waals surface area contributed by atoms with Crippen LogP contribution in [0.1, 0.15) is 35.5 Å². The number of methoxy groups -OCH3 is 1. The molecule has 0 aliphatic heterocycles. The van der Waals surface area contributed by atoms with Gasteiger partial charge in [-0.15, -0.1) is 0 Å². The van der Waals surface area contributed by atoms with Gasteiger partial charge in [0.15, 0.2) is 0 Å². The molecule has 0 aliphatic carbocycles. The first-order valence-corrected chi connectivity index (χ1v) is 10.2. The third-order valence-corrected chi connectivity index (χ3v) is 5.33. The van der Waals surface area contributed by atoms with Crippen LogP contribution in [-0.2, 0) is 32.1 Å². The molecule has 2 N–H and O–H groups in total. The summed E-state index contributed by atoms with van der Waals surface area (Å²) in [5, 5.41) is 0.406. The van der Waals surface area contributed by atoms with Crippen LogP contribution < -0.4 is 10.6 Å². The number of nitrogens with two attached hydrogens (primary N) is 1. The van der Waals surface area contributed by atoms with Gasteiger partial charge in [0.05, 0.1) is 23.9 Å². The maximum atomic E-state index is 12.9. The van der Waals surface area contributed by atoms with Crippen LogP contribution in [0.25, 0.3) is 10.9 Å². The fraction of sp³-hybridized carbons (Fsp3) is 0.250. The number of primary amides is 1. The fourth-order valence-electron chi connectivity index (χ4n) is 3.90. The lowest BCUT2D eigenvalue weighted by Crippen LogP contribution is -2.35. The number of ketones is 1. The summed E-state index contributed by atoms with van der Waals surface area (Å²) in [7, 11) is 1.23. The van der Waals surface area contributed by atoms with Crippen molar-refractivity contribution >= 4 is 40.2 Å². The second kappa shape index (κ2) is 9.47. The minimum atomic E-state index is -1.09. The van der Waals surface area contributed by atoms with Crippen LogP contribution in [-0.4, -0.2) is 41.8 Å². The second-order valence-electron chi connectivity index (χ2n) is 7.29. The first-order chi connectivity index (χ1) is 15.3. The summed E-state index contributed by atoms with van der Waals surface area (Å²) in [6, 6.07) is 14.9. The molecule has 0 bridgehead atoms. The van der Waals surface area contributed by atoms with E-state index in [0.717, 1.165) is 5.56 Å². The van der Waals surface area contributed by atoms with Crippen molar-refractivity contribution in [3.05, 3.63) is 65.4 Å². The van der Waals surface area contributed by atoms with E-state index in [1.54, 1.807) is 12.1 Å². The number of nitrogens with zero attached hydrogens (tertiary/aromatic N) is 2. The van der Waals surface area contributed by atoms with Gasteiger partial charge < -0.3 is 19.9 Å². The summed E-state index contributed by atoms with van der Waals surface area (Å²) in [6.07, 6.45) is 0.451. The summed E-state index contributed by atoms with van der Waals surface area (Å²) in [5.41, 5.74) is 8.15. The van der Waals surface area contributed by atoms with E-state index in [1.807, 2.05) is 47.9 Å². The highest BCUT2D eigenvalue weighted by atomic mass is 16.5. The first kappa shape index (κ1) is 22.7. The van der Waals surface area contributed by atoms with Crippen molar-refractivity contribution in [2.45, 2.75) is 26.8 Å². The molecular weight excluding hydrogens is 410 g/mol. The Hall–Kier alpha value is -3.94. The zero-order chi connectivity index (χ0) is 23.4. The quantitative estimate of drug-likeness (QED) is 0.332. The summed E-state index contributed by atoms with van der Waals surface area (Å²) in [6.45, 7) is 3.32. The molecule has 0 fully saturated rings. The predicted octanol–water partition coefficient (Wildman–Crippen LogP) is 2.45. The lowest BCUT2D eigenvalue weighted by atomic mass is 10.0. The third kappa shape index (κ3) is 4.25. The van der Waals surface area contributed by atoms with Crippen LogP contribution in [0.3, 0.4) is 0 Å². The highest BCUT2D eigenvalue weighted by Crippen LogP contribution is 2.36. The number of carbonyl (C=O) groups excluding carboxylic acids is 4. The number of esters is 1. The number of aromatic nitrogens is 1. The Morgan fingerprint density at radius 1 is 1.03 bits per heavy atom. The highest BCUT2D eigenvalue weighted by Gasteiger charge is 2.29. The predicted molar refractivity (Wildman–Crippen MR) is 120 cm³/mol. The third-order valence-electron chi connectivity index (χ3n) is 5.33. The van der Waals surface area contributed by atoms with Crippen LogP contribution in [0.15, 0.2) is 48.5 Å². The van der Waals surface area contributed by atoms with E-state index in [-0.39, 0.29) is 12.1 Å². The van der Waals surface area contributed by atoms with Crippen LogP contribution in [0, 0.1) is 0 Å². The topological polar surface area (TPSA) is 112 Å². The van der Waals surface area contributed by atoms with E-state index < -0.39 is 23.6 Å². The molecule has 0 saturated heterocycles. The normalized spacial score (nSPS) is 10.7. The molecule has 1 heterocycles. The number of Topliss-reactive ketones (excluding diaryl/α,β-unsaturated/α-hetero) is 1. The van der Waals surface area contributed by atoms with Gasteiger partial charge in [0.2, 0.25) is 5.91 Å². The molecule has 8 heteroatoms. The Labute approximate surface area is 185 Å². The number of rotatable bonds is 8. The molecule has 0 unspecified atom stereocenters. The summed E-state index contributed by atoms with van der Waals surface area (Å²) in [4.78, 5) is 50.5. The molecule has 8 nitrogen and oxygen atoms in total. The van der Waals surface area contributed by atoms with Gasteiger partial charge in [-0.1, -0.05) is 43.3 Å². The number of carbonyl (C=O) groups is 4. The fourth-order valence-corrected chi connectivity index (χ4v) is 3.90. The number of ether oxygens (including phenoxy) is 1. The van der Waals surface area contributed by atoms with E-state index in [0.29, 0.717) is 35.2 Å². The van der Waals surface area contributed by atoms with Gasteiger partial charge in [-0.3, -0.25) is 19.2 Å². The van der Waals surface area contributed by atoms with Gasteiger partial charge in [-0.25, -0.2) is 0 Å². The van der Waals surface area contributed by atoms with E-state index in [2.05, 4.69) is 0 Å². The molecule has 166 valence electrons. The number of hydrogen-bond acceptors (Lipinski definition) is 5. The minimum absolute atomic E-state index is 0.151. The molecule has 2 amide bonds. The Bertz CT molecular complexity index is 1200. The largest absolute Gasteiger partial charge is 0.468 e. The molecule has 0 aliphatic rings. The van der Waals surface area contributed by atoms with Gasteiger partial charge in [0.25, 0.3) is 11.7 Å². The van der Waals surface area contributed by atoms with Crippen LogP contribution in [0.2, 0.25) is 0 Å². The van der Waals surface area contributed by atoms with Crippen molar-refractivity contribution in [1.82, 2.24) is 4.57 Å². The average molecular weight is 435 g/mol. The lowest BCUT2D eigenvalue weighted by molar-refractivity contribution is -0.139. The van der Waals surface area contributed by atoms with Gasteiger partial charge in [-0.05, 0) is 24.1 Å². The second-order valence-corrected chi connectivity index (χ2v) is 7.29. The van der Waals surface area contributed by atoms with Crippen LogP contribution in [0.5, 0.6) is 0 Å². The molecule has 3 rings (SSSR count). The number of anilines is 1. The Morgan fingerprint density at radius 2 is 1.72 bits per heavy atom. The van der Waals surface area contributed by atoms with E-state index in [1.165, 1.54) is 18.9 Å². The number of hydrogen-bond donors (Lipinski definition) is 1. The Morgan fingerprint density at radius 3 is 2.28 bits per heavy atom. The lowest BCUT2D eigenvalue weighted by Gasteiger charge is -2.21. The summed E-state index contributed by atoms with van der Waals surface area (Å²) < 4.78 is 6.68. The number of fused-ring (bicyclic) bond motifs is 1. The Balaban J connectivity index is 2.36. The SMILES string of the molecule is CCc1c(C(=O)C(N)=O)c2c(N(CC(=O)OC)C(C)=O)cccc2n1Cc1ccccc1. The molecule has 0 spiro atoms. The molecule has 2 aromatic carbocycles. The summed E-state index contributed by atoms with van der Waals surface area (Å²) >= 11 is 0. The monoisotopic (exact) mass is 435 g/mol. The molecule has 1 aromatic heterocycles. The van der Waals surface area contributed by atoms with Crippen LogP contribution in [0.4, 0.5) is 5.69 Å². The van der Waals surface area contributed by atoms with Crippen molar-refractivity contribution in [3.8, 4) is 0 Å². The number of amides is 2. The van der Waals surface area contributed by atoms with Crippen LogP contribution >= 0.6 is 0 Å². The Kier molecular flexibility index (Phi) is 6.73. The van der Waals surface area contributed by atoms with Gasteiger partial charge in [0.1, 0.15) is 6.54 Å². The molecule has 0 atom stereocenters. The van der Waals surface area contributed by atoms with Crippen molar-refractivity contribution in [3.63, 3.8) is 0 Å². The van der Waals surface area contributed by atoms with E-state index >= 15 is 0 Å². The average Bonchev–Trinajstić information content (AvgIpc) is 3.10. The smallest absolute Gasteiger partial charge is 0.325 e. The molecule has 3 aromatic rings. The molecule has 0 saturated carbocycles. The van der Waals surface area contributed by atoms with E-state index in [9.17, 15) is 19.2 Å². The molecule has 32 heavy (non-hydrogen) atoms. The first-order valence-electron chi connectivity index (χ1n) is 10.2. The van der Waals surface area contributed by atoms with Crippen molar-refractivity contribution < 1.29 is 23.9 Å².